The Labute approximate surface area is 126 Å². The number of aromatic nitrogens is 2. The highest BCUT2D eigenvalue weighted by molar-refractivity contribution is 5.34. The molecule has 0 spiro atoms. The first-order valence-corrected chi connectivity index (χ1v) is 7.57. The van der Waals surface area contributed by atoms with E-state index in [0.717, 1.165) is 50.3 Å². The van der Waals surface area contributed by atoms with Crippen molar-refractivity contribution in [3.63, 3.8) is 0 Å². The first-order valence-electron chi connectivity index (χ1n) is 7.57. The second-order valence-electron chi connectivity index (χ2n) is 5.48. The van der Waals surface area contributed by atoms with Gasteiger partial charge in [0.05, 0.1) is 13.7 Å². The quantitative estimate of drug-likeness (QED) is 0.764. The average molecular weight is 294 g/mol. The molecular weight excluding hydrogens is 268 g/mol. The second-order valence-corrected chi connectivity index (χ2v) is 5.48. The molecule has 21 heavy (non-hydrogen) atoms. The lowest BCUT2D eigenvalue weighted by molar-refractivity contribution is 0.196. The third-order valence-electron chi connectivity index (χ3n) is 3.84. The van der Waals surface area contributed by atoms with E-state index in [1.807, 2.05) is 13.0 Å². The van der Waals surface area contributed by atoms with Gasteiger partial charge in [-0.05, 0) is 32.2 Å². The van der Waals surface area contributed by atoms with Gasteiger partial charge in [0.1, 0.15) is 0 Å². The van der Waals surface area contributed by atoms with Crippen molar-refractivity contribution in [3.8, 4) is 5.88 Å². The van der Waals surface area contributed by atoms with Gasteiger partial charge in [-0.2, -0.15) is 4.98 Å². The predicted molar refractivity (Wildman–Crippen MR) is 83.0 cm³/mol. The summed E-state index contributed by atoms with van der Waals surface area (Å²) in [6, 6.07) is 1.86. The van der Waals surface area contributed by atoms with Crippen LogP contribution in [0.5, 0.6) is 5.88 Å². The average Bonchev–Trinajstić information content (AvgIpc) is 2.51. The molecule has 0 aromatic carbocycles. The molecule has 1 aliphatic heterocycles. The lowest BCUT2D eigenvalue weighted by atomic mass is 9.97. The number of anilines is 1. The maximum atomic E-state index is 5.22. The van der Waals surface area contributed by atoms with Gasteiger partial charge in [-0.3, -0.25) is 0 Å². The summed E-state index contributed by atoms with van der Waals surface area (Å²) in [5.74, 6) is 2.16. The monoisotopic (exact) mass is 294 g/mol. The van der Waals surface area contributed by atoms with Gasteiger partial charge in [-0.25, -0.2) is 4.98 Å². The first-order chi connectivity index (χ1) is 10.2. The molecule has 6 nitrogen and oxygen atoms in total. The van der Waals surface area contributed by atoms with Crippen molar-refractivity contribution in [1.82, 2.24) is 15.3 Å². The highest BCUT2D eigenvalue weighted by Gasteiger charge is 2.21. The molecule has 2 heterocycles. The van der Waals surface area contributed by atoms with E-state index in [2.05, 4.69) is 20.2 Å². The van der Waals surface area contributed by atoms with Gasteiger partial charge in [-0.1, -0.05) is 0 Å². The highest BCUT2D eigenvalue weighted by atomic mass is 16.5. The molecule has 0 radical (unpaired) electrons. The van der Waals surface area contributed by atoms with Crippen LogP contribution in [-0.4, -0.2) is 57.0 Å². The van der Waals surface area contributed by atoms with E-state index in [-0.39, 0.29) is 0 Å². The van der Waals surface area contributed by atoms with Crippen molar-refractivity contribution in [2.45, 2.75) is 19.8 Å². The maximum absolute atomic E-state index is 5.22. The zero-order valence-corrected chi connectivity index (χ0v) is 13.3. The van der Waals surface area contributed by atoms with Crippen LogP contribution in [0.4, 0.5) is 5.95 Å². The van der Waals surface area contributed by atoms with Gasteiger partial charge >= 0.3 is 0 Å². The SMILES string of the molecule is COCCNCC1CCN(c2nc(C)cc(OC)n2)CC1. The Morgan fingerprint density at radius 2 is 2.05 bits per heavy atom. The molecule has 0 aliphatic carbocycles. The van der Waals surface area contributed by atoms with E-state index >= 15 is 0 Å². The Kier molecular flexibility index (Phi) is 6.20. The largest absolute Gasteiger partial charge is 0.481 e. The van der Waals surface area contributed by atoms with E-state index in [1.54, 1.807) is 14.2 Å². The van der Waals surface area contributed by atoms with E-state index in [9.17, 15) is 0 Å². The van der Waals surface area contributed by atoms with Gasteiger partial charge in [0.2, 0.25) is 11.8 Å². The van der Waals surface area contributed by atoms with Crippen molar-refractivity contribution in [2.24, 2.45) is 5.92 Å². The summed E-state index contributed by atoms with van der Waals surface area (Å²) in [7, 11) is 3.37. The number of piperidine rings is 1. The van der Waals surface area contributed by atoms with Gasteiger partial charge in [-0.15, -0.1) is 0 Å². The number of methoxy groups -OCH3 is 2. The summed E-state index contributed by atoms with van der Waals surface area (Å²) >= 11 is 0. The molecule has 0 atom stereocenters. The Balaban J connectivity index is 1.82. The minimum atomic E-state index is 0.640. The molecule has 0 saturated carbocycles. The molecule has 1 aliphatic rings. The van der Waals surface area contributed by atoms with Crippen LogP contribution in [0.1, 0.15) is 18.5 Å². The minimum absolute atomic E-state index is 0.640. The van der Waals surface area contributed by atoms with Crippen LogP contribution in [0, 0.1) is 12.8 Å². The van der Waals surface area contributed by atoms with Gasteiger partial charge in [0, 0.05) is 38.5 Å². The third-order valence-corrected chi connectivity index (χ3v) is 3.84. The molecule has 118 valence electrons. The van der Waals surface area contributed by atoms with Crippen molar-refractivity contribution >= 4 is 5.95 Å². The van der Waals surface area contributed by atoms with E-state index in [1.165, 1.54) is 12.8 Å². The fourth-order valence-electron chi connectivity index (χ4n) is 2.59. The van der Waals surface area contributed by atoms with Crippen LogP contribution in [0.3, 0.4) is 0 Å². The standard InChI is InChI=1S/C15H26N4O2/c1-12-10-14(21-3)18-15(17-12)19-7-4-13(5-8-19)11-16-6-9-20-2/h10,13,16H,4-9,11H2,1-3H3. The number of ether oxygens (including phenoxy) is 2. The van der Waals surface area contributed by atoms with Crippen molar-refractivity contribution < 1.29 is 9.47 Å². The fourth-order valence-corrected chi connectivity index (χ4v) is 2.59. The molecule has 0 unspecified atom stereocenters. The summed E-state index contributed by atoms with van der Waals surface area (Å²) in [6.07, 6.45) is 2.33. The molecule has 2 rings (SSSR count). The van der Waals surface area contributed by atoms with Crippen molar-refractivity contribution in [2.75, 3.05) is 51.9 Å². The molecule has 0 bridgehead atoms. The summed E-state index contributed by atoms with van der Waals surface area (Å²) in [5.41, 5.74) is 0.945. The van der Waals surface area contributed by atoms with Crippen LogP contribution < -0.4 is 15.0 Å². The van der Waals surface area contributed by atoms with Crippen molar-refractivity contribution in [3.05, 3.63) is 11.8 Å². The Bertz CT molecular complexity index is 434. The second kappa shape index (κ2) is 8.14. The van der Waals surface area contributed by atoms with E-state index in [4.69, 9.17) is 9.47 Å². The number of hydrogen-bond acceptors (Lipinski definition) is 6. The lowest BCUT2D eigenvalue weighted by Gasteiger charge is -2.32. The minimum Gasteiger partial charge on any atom is -0.481 e. The third kappa shape index (κ3) is 4.82. The number of nitrogens with zero attached hydrogens (tertiary/aromatic N) is 3. The molecule has 1 aromatic heterocycles. The summed E-state index contributed by atoms with van der Waals surface area (Å²) in [6.45, 7) is 6.74. The van der Waals surface area contributed by atoms with Crippen LogP contribution in [-0.2, 0) is 4.74 Å². The van der Waals surface area contributed by atoms with Gasteiger partial charge in [0.25, 0.3) is 0 Å². The molecule has 1 saturated heterocycles. The molecular formula is C15H26N4O2. The summed E-state index contributed by atoms with van der Waals surface area (Å²) in [5, 5.41) is 3.44. The van der Waals surface area contributed by atoms with Crippen molar-refractivity contribution in [1.29, 1.82) is 0 Å². The zero-order chi connectivity index (χ0) is 15.1. The number of nitrogens with one attached hydrogen (secondary N) is 1. The van der Waals surface area contributed by atoms with Crippen LogP contribution in [0.25, 0.3) is 0 Å². The predicted octanol–water partition coefficient (Wildman–Crippen LogP) is 1.25. The number of aryl methyl sites for hydroxylation is 1. The van der Waals surface area contributed by atoms with Crippen LogP contribution in [0.15, 0.2) is 6.07 Å². The number of hydrogen-bond donors (Lipinski definition) is 1. The fraction of sp³-hybridized carbons (Fsp3) is 0.733. The van der Waals surface area contributed by atoms with Crippen LogP contribution >= 0.6 is 0 Å². The van der Waals surface area contributed by atoms with E-state index < -0.39 is 0 Å². The normalized spacial score (nSPS) is 16.2. The Morgan fingerprint density at radius 3 is 2.71 bits per heavy atom. The maximum Gasteiger partial charge on any atom is 0.228 e. The highest BCUT2D eigenvalue weighted by Crippen LogP contribution is 2.22. The summed E-state index contributed by atoms with van der Waals surface area (Å²) < 4.78 is 10.3. The lowest BCUT2D eigenvalue weighted by Crippen LogP contribution is -2.38. The van der Waals surface area contributed by atoms with Gasteiger partial charge in [0.15, 0.2) is 0 Å². The molecule has 1 fully saturated rings. The van der Waals surface area contributed by atoms with Gasteiger partial charge < -0.3 is 19.7 Å². The number of rotatable bonds is 7. The van der Waals surface area contributed by atoms with Crippen LogP contribution in [0.2, 0.25) is 0 Å². The smallest absolute Gasteiger partial charge is 0.228 e. The molecule has 1 aromatic rings. The zero-order valence-electron chi connectivity index (χ0n) is 13.3. The topological polar surface area (TPSA) is 59.5 Å². The first kappa shape index (κ1) is 16.0. The molecule has 1 N–H and O–H groups in total. The Morgan fingerprint density at radius 1 is 1.29 bits per heavy atom. The summed E-state index contributed by atoms with van der Waals surface area (Å²) in [4.78, 5) is 11.2. The molecule has 0 amide bonds. The Hall–Kier alpha value is -1.40. The van der Waals surface area contributed by atoms with E-state index in [0.29, 0.717) is 5.88 Å². The molecule has 6 heteroatoms.